The van der Waals surface area contributed by atoms with E-state index in [1.165, 1.54) is 5.69 Å². The minimum absolute atomic E-state index is 0.218. The molecule has 1 saturated heterocycles. The van der Waals surface area contributed by atoms with E-state index < -0.39 is 0 Å². The van der Waals surface area contributed by atoms with E-state index in [-0.39, 0.29) is 5.91 Å². The highest BCUT2D eigenvalue weighted by atomic mass is 16.5. The number of benzene rings is 1. The number of hydrogen-bond donors (Lipinski definition) is 0. The molecule has 0 N–H and O–H groups in total. The lowest BCUT2D eigenvalue weighted by Crippen LogP contribution is -2.48. The standard InChI is InChI=1S/C19H23N3O2/c1-24-18-5-3-2-4-16(18)6-7-19(23)22-14-12-21(13-15-22)17-8-10-20-11-9-17/h2-5,8-11H,6-7,12-15H2,1H3. The summed E-state index contributed by atoms with van der Waals surface area (Å²) in [6, 6.07) is 11.9. The zero-order valence-corrected chi connectivity index (χ0v) is 14.0. The molecule has 1 aliphatic rings. The number of amides is 1. The van der Waals surface area contributed by atoms with Crippen LogP contribution in [0.3, 0.4) is 0 Å². The Morgan fingerprint density at radius 2 is 1.79 bits per heavy atom. The number of aromatic nitrogens is 1. The lowest BCUT2D eigenvalue weighted by molar-refractivity contribution is -0.131. The topological polar surface area (TPSA) is 45.7 Å². The molecule has 24 heavy (non-hydrogen) atoms. The molecule has 5 nitrogen and oxygen atoms in total. The Morgan fingerprint density at radius 1 is 1.08 bits per heavy atom. The second-order valence-electron chi connectivity index (χ2n) is 5.89. The number of ether oxygens (including phenoxy) is 1. The number of carbonyl (C=O) groups excluding carboxylic acids is 1. The molecular weight excluding hydrogens is 302 g/mol. The Bertz CT molecular complexity index is 667. The van der Waals surface area contributed by atoms with E-state index in [0.29, 0.717) is 12.8 Å². The molecule has 0 saturated carbocycles. The molecule has 0 bridgehead atoms. The van der Waals surface area contributed by atoms with Gasteiger partial charge in [0.25, 0.3) is 0 Å². The first-order valence-corrected chi connectivity index (χ1v) is 8.32. The van der Waals surface area contributed by atoms with E-state index >= 15 is 0 Å². The van der Waals surface area contributed by atoms with Gasteiger partial charge in [-0.3, -0.25) is 9.78 Å². The van der Waals surface area contributed by atoms with Crippen molar-refractivity contribution in [3.63, 3.8) is 0 Å². The summed E-state index contributed by atoms with van der Waals surface area (Å²) in [5, 5.41) is 0. The lowest BCUT2D eigenvalue weighted by atomic mass is 10.1. The molecule has 1 amide bonds. The number of hydrogen-bond acceptors (Lipinski definition) is 4. The van der Waals surface area contributed by atoms with Gasteiger partial charge in [-0.05, 0) is 30.2 Å². The highest BCUT2D eigenvalue weighted by Gasteiger charge is 2.21. The largest absolute Gasteiger partial charge is 0.496 e. The summed E-state index contributed by atoms with van der Waals surface area (Å²) in [7, 11) is 1.67. The monoisotopic (exact) mass is 325 g/mol. The molecule has 3 rings (SSSR count). The molecule has 5 heteroatoms. The zero-order chi connectivity index (χ0) is 16.8. The number of methoxy groups -OCH3 is 1. The summed E-state index contributed by atoms with van der Waals surface area (Å²) >= 11 is 0. The summed E-state index contributed by atoms with van der Waals surface area (Å²) < 4.78 is 5.35. The van der Waals surface area contributed by atoms with Crippen LogP contribution in [0, 0.1) is 0 Å². The SMILES string of the molecule is COc1ccccc1CCC(=O)N1CCN(c2ccncc2)CC1. The zero-order valence-electron chi connectivity index (χ0n) is 14.0. The average Bonchev–Trinajstić information content (AvgIpc) is 2.67. The van der Waals surface area contributed by atoms with Gasteiger partial charge in [-0.2, -0.15) is 0 Å². The van der Waals surface area contributed by atoms with Gasteiger partial charge in [0.1, 0.15) is 5.75 Å². The molecule has 0 aliphatic carbocycles. The van der Waals surface area contributed by atoms with Gasteiger partial charge in [0.15, 0.2) is 0 Å². The second kappa shape index (κ2) is 7.81. The molecule has 1 aromatic carbocycles. The number of para-hydroxylation sites is 1. The number of pyridine rings is 1. The summed E-state index contributed by atoms with van der Waals surface area (Å²) in [6.45, 7) is 3.27. The smallest absolute Gasteiger partial charge is 0.223 e. The highest BCUT2D eigenvalue weighted by molar-refractivity contribution is 5.77. The third-order valence-electron chi connectivity index (χ3n) is 4.46. The van der Waals surface area contributed by atoms with Gasteiger partial charge in [-0.1, -0.05) is 18.2 Å². The van der Waals surface area contributed by atoms with E-state index in [1.54, 1.807) is 19.5 Å². The van der Waals surface area contributed by atoms with Crippen LogP contribution in [0.15, 0.2) is 48.8 Å². The maximum Gasteiger partial charge on any atom is 0.223 e. The Balaban J connectivity index is 1.50. The van der Waals surface area contributed by atoms with Gasteiger partial charge in [0, 0.05) is 50.7 Å². The Morgan fingerprint density at radius 3 is 2.50 bits per heavy atom. The number of nitrogens with zero attached hydrogens (tertiary/aromatic N) is 3. The van der Waals surface area contributed by atoms with Crippen LogP contribution in [-0.4, -0.2) is 49.1 Å². The molecule has 0 unspecified atom stereocenters. The number of rotatable bonds is 5. The van der Waals surface area contributed by atoms with Gasteiger partial charge in [0.05, 0.1) is 7.11 Å². The van der Waals surface area contributed by atoms with Crippen LogP contribution >= 0.6 is 0 Å². The first-order chi connectivity index (χ1) is 11.8. The van der Waals surface area contributed by atoms with Crippen LogP contribution in [0.25, 0.3) is 0 Å². The summed E-state index contributed by atoms with van der Waals surface area (Å²) in [5.41, 5.74) is 2.26. The van der Waals surface area contributed by atoms with Crippen molar-refractivity contribution in [2.24, 2.45) is 0 Å². The van der Waals surface area contributed by atoms with Crippen LogP contribution in [-0.2, 0) is 11.2 Å². The third kappa shape index (κ3) is 3.85. The van der Waals surface area contributed by atoms with E-state index in [2.05, 4.69) is 9.88 Å². The van der Waals surface area contributed by atoms with Gasteiger partial charge < -0.3 is 14.5 Å². The van der Waals surface area contributed by atoms with Crippen LogP contribution < -0.4 is 9.64 Å². The van der Waals surface area contributed by atoms with E-state index in [1.807, 2.05) is 41.3 Å². The summed E-state index contributed by atoms with van der Waals surface area (Å²) in [6.07, 6.45) is 4.85. The number of anilines is 1. The molecular formula is C19H23N3O2. The van der Waals surface area contributed by atoms with Gasteiger partial charge >= 0.3 is 0 Å². The quantitative estimate of drug-likeness (QED) is 0.847. The molecule has 1 aliphatic heterocycles. The van der Waals surface area contributed by atoms with Crippen molar-refractivity contribution in [2.45, 2.75) is 12.8 Å². The predicted molar refractivity (Wildman–Crippen MR) is 94.3 cm³/mol. The van der Waals surface area contributed by atoms with Crippen LogP contribution in [0.2, 0.25) is 0 Å². The highest BCUT2D eigenvalue weighted by Crippen LogP contribution is 2.20. The first-order valence-electron chi connectivity index (χ1n) is 8.32. The van der Waals surface area contributed by atoms with Crippen LogP contribution in [0.4, 0.5) is 5.69 Å². The van der Waals surface area contributed by atoms with Crippen LogP contribution in [0.1, 0.15) is 12.0 Å². The minimum Gasteiger partial charge on any atom is -0.496 e. The van der Waals surface area contributed by atoms with Crippen LogP contribution in [0.5, 0.6) is 5.75 Å². The van der Waals surface area contributed by atoms with E-state index in [0.717, 1.165) is 37.5 Å². The van der Waals surface area contributed by atoms with E-state index in [4.69, 9.17) is 4.74 Å². The maximum absolute atomic E-state index is 12.5. The third-order valence-corrected chi connectivity index (χ3v) is 4.46. The maximum atomic E-state index is 12.5. The molecule has 2 heterocycles. The van der Waals surface area contributed by atoms with Gasteiger partial charge in [-0.25, -0.2) is 0 Å². The predicted octanol–water partition coefficient (Wildman–Crippen LogP) is 2.37. The summed E-state index contributed by atoms with van der Waals surface area (Å²) in [4.78, 5) is 20.8. The first kappa shape index (κ1) is 16.3. The van der Waals surface area contributed by atoms with Gasteiger partial charge in [0.2, 0.25) is 5.91 Å². The Hall–Kier alpha value is -2.56. The average molecular weight is 325 g/mol. The molecule has 0 radical (unpaired) electrons. The second-order valence-corrected chi connectivity index (χ2v) is 5.89. The fraction of sp³-hybridized carbons (Fsp3) is 0.368. The Labute approximate surface area is 142 Å². The molecule has 1 aromatic heterocycles. The van der Waals surface area contributed by atoms with Crippen molar-refractivity contribution in [1.29, 1.82) is 0 Å². The van der Waals surface area contributed by atoms with Crippen molar-refractivity contribution < 1.29 is 9.53 Å². The number of carbonyl (C=O) groups is 1. The van der Waals surface area contributed by atoms with Crippen molar-refractivity contribution in [3.8, 4) is 5.75 Å². The van der Waals surface area contributed by atoms with E-state index in [9.17, 15) is 4.79 Å². The van der Waals surface area contributed by atoms with Gasteiger partial charge in [-0.15, -0.1) is 0 Å². The fourth-order valence-electron chi connectivity index (χ4n) is 3.08. The van der Waals surface area contributed by atoms with Crippen molar-refractivity contribution in [2.75, 3.05) is 38.2 Å². The lowest BCUT2D eigenvalue weighted by Gasteiger charge is -2.36. The minimum atomic E-state index is 0.218. The summed E-state index contributed by atoms with van der Waals surface area (Å²) in [5.74, 6) is 1.07. The normalized spacial score (nSPS) is 14.5. The molecule has 0 spiro atoms. The molecule has 126 valence electrons. The number of piperazine rings is 1. The van der Waals surface area contributed by atoms with Crippen molar-refractivity contribution >= 4 is 11.6 Å². The molecule has 2 aromatic rings. The molecule has 0 atom stereocenters. The van der Waals surface area contributed by atoms with Crippen molar-refractivity contribution in [1.82, 2.24) is 9.88 Å². The fourth-order valence-corrected chi connectivity index (χ4v) is 3.08. The Kier molecular flexibility index (Phi) is 5.31. The number of aryl methyl sites for hydroxylation is 1. The molecule has 1 fully saturated rings. The van der Waals surface area contributed by atoms with Crippen molar-refractivity contribution in [3.05, 3.63) is 54.4 Å².